The average molecular weight is 474 g/mol. The first kappa shape index (κ1) is 22.7. The minimum Gasteiger partial charge on any atom is -0.390 e. The summed E-state index contributed by atoms with van der Waals surface area (Å²) in [5, 5.41) is 11.0. The highest BCUT2D eigenvalue weighted by Gasteiger charge is 2.38. The zero-order chi connectivity index (χ0) is 22.2. The highest BCUT2D eigenvalue weighted by atomic mass is 35.5. The molecule has 0 aliphatic carbocycles. The van der Waals surface area contributed by atoms with Crippen LogP contribution in [0.1, 0.15) is 11.1 Å². The standard InChI is InChI=1S/C22H24Cl2F3N3O/c23-16-3-1-15(2-4-16)12-28-7-9-29(10-8-28)20-13-30(14-21(20)31)17-5-6-19(24)18(11-17)22(25,26)27/h1-6,11,20-21,31H,7-10,12-14H2/t20-,21-/m1/s1. The van der Waals surface area contributed by atoms with Gasteiger partial charge in [0.15, 0.2) is 0 Å². The molecule has 0 saturated carbocycles. The normalized spacial score (nSPS) is 23.5. The van der Waals surface area contributed by atoms with Crippen LogP contribution in [0.5, 0.6) is 0 Å². The second kappa shape index (κ2) is 9.16. The first-order valence-corrected chi connectivity index (χ1v) is 11.0. The van der Waals surface area contributed by atoms with Gasteiger partial charge in [-0.1, -0.05) is 35.3 Å². The van der Waals surface area contributed by atoms with Crippen molar-refractivity contribution in [2.45, 2.75) is 24.9 Å². The zero-order valence-electron chi connectivity index (χ0n) is 16.8. The van der Waals surface area contributed by atoms with E-state index in [-0.39, 0.29) is 11.1 Å². The molecule has 2 aromatic carbocycles. The molecule has 2 saturated heterocycles. The summed E-state index contributed by atoms with van der Waals surface area (Å²) in [6, 6.07) is 11.6. The molecule has 2 heterocycles. The van der Waals surface area contributed by atoms with Crippen LogP contribution in [0, 0.1) is 0 Å². The van der Waals surface area contributed by atoms with Crippen LogP contribution >= 0.6 is 23.2 Å². The fraction of sp³-hybridized carbons (Fsp3) is 0.455. The molecule has 1 N–H and O–H groups in total. The predicted octanol–water partition coefficient (Wildman–Crippen LogP) is 4.38. The van der Waals surface area contributed by atoms with Gasteiger partial charge >= 0.3 is 6.18 Å². The van der Waals surface area contributed by atoms with Gasteiger partial charge in [0.1, 0.15) is 0 Å². The van der Waals surface area contributed by atoms with Gasteiger partial charge in [-0.15, -0.1) is 0 Å². The van der Waals surface area contributed by atoms with Crippen LogP contribution in [0.3, 0.4) is 0 Å². The minimum absolute atomic E-state index is 0.109. The number of rotatable bonds is 4. The van der Waals surface area contributed by atoms with Crippen LogP contribution < -0.4 is 4.90 Å². The summed E-state index contributed by atoms with van der Waals surface area (Å²) in [4.78, 5) is 6.40. The molecule has 9 heteroatoms. The smallest absolute Gasteiger partial charge is 0.390 e. The SMILES string of the molecule is O[C@@H]1CN(c2ccc(Cl)c(C(F)(F)F)c2)C[C@H]1N1CCN(Cc2ccc(Cl)cc2)CC1. The number of alkyl halides is 3. The number of piperazine rings is 1. The quantitative estimate of drug-likeness (QED) is 0.713. The van der Waals surface area contributed by atoms with E-state index in [0.717, 1.165) is 43.8 Å². The third-order valence-corrected chi connectivity index (χ3v) is 6.66. The molecule has 0 spiro atoms. The van der Waals surface area contributed by atoms with Crippen molar-refractivity contribution in [1.29, 1.82) is 0 Å². The number of nitrogens with zero attached hydrogens (tertiary/aromatic N) is 3. The van der Waals surface area contributed by atoms with Crippen molar-refractivity contribution >= 4 is 28.9 Å². The van der Waals surface area contributed by atoms with Crippen LogP contribution in [0.15, 0.2) is 42.5 Å². The molecule has 2 aromatic rings. The summed E-state index contributed by atoms with van der Waals surface area (Å²) < 4.78 is 39.6. The molecule has 0 bridgehead atoms. The Kier molecular flexibility index (Phi) is 6.70. The highest BCUT2D eigenvalue weighted by Crippen LogP contribution is 2.37. The average Bonchev–Trinajstić information content (AvgIpc) is 3.11. The molecule has 0 aromatic heterocycles. The van der Waals surface area contributed by atoms with Gasteiger partial charge in [-0.05, 0) is 35.9 Å². The third-order valence-electron chi connectivity index (χ3n) is 6.07. The first-order valence-electron chi connectivity index (χ1n) is 10.2. The fourth-order valence-electron chi connectivity index (χ4n) is 4.37. The topological polar surface area (TPSA) is 30.0 Å². The number of β-amino-alcohol motifs (C(OH)–C–C–N with tert-alkyl or cyclic N) is 1. The Labute approximate surface area is 189 Å². The zero-order valence-corrected chi connectivity index (χ0v) is 18.3. The van der Waals surface area contributed by atoms with E-state index in [1.807, 2.05) is 24.3 Å². The Morgan fingerprint density at radius 3 is 2.26 bits per heavy atom. The highest BCUT2D eigenvalue weighted by molar-refractivity contribution is 6.31. The Hall–Kier alpha value is -1.51. The number of aliphatic hydroxyl groups excluding tert-OH is 1. The monoisotopic (exact) mass is 473 g/mol. The minimum atomic E-state index is -4.51. The van der Waals surface area contributed by atoms with Crippen LogP contribution in [0.25, 0.3) is 0 Å². The van der Waals surface area contributed by atoms with Crippen LogP contribution in [0.2, 0.25) is 10.0 Å². The molecule has 2 fully saturated rings. The van der Waals surface area contributed by atoms with Gasteiger partial charge in [-0.3, -0.25) is 9.80 Å². The summed E-state index contributed by atoms with van der Waals surface area (Å²) in [6.07, 6.45) is -5.13. The Morgan fingerprint density at radius 1 is 0.935 bits per heavy atom. The Morgan fingerprint density at radius 2 is 1.61 bits per heavy atom. The Balaban J connectivity index is 1.36. The lowest BCUT2D eigenvalue weighted by atomic mass is 10.1. The van der Waals surface area contributed by atoms with E-state index in [4.69, 9.17) is 23.2 Å². The molecule has 2 aliphatic rings. The van der Waals surface area contributed by atoms with Crippen molar-refractivity contribution in [3.63, 3.8) is 0 Å². The lowest BCUT2D eigenvalue weighted by Crippen LogP contribution is -2.53. The van der Waals surface area contributed by atoms with Crippen molar-refractivity contribution in [2.24, 2.45) is 0 Å². The van der Waals surface area contributed by atoms with E-state index in [0.29, 0.717) is 18.8 Å². The number of hydrogen-bond donors (Lipinski definition) is 1. The van der Waals surface area contributed by atoms with Gasteiger partial charge < -0.3 is 10.0 Å². The summed E-state index contributed by atoms with van der Waals surface area (Å²) in [5.74, 6) is 0. The van der Waals surface area contributed by atoms with Crippen molar-refractivity contribution in [2.75, 3.05) is 44.2 Å². The van der Waals surface area contributed by atoms with E-state index in [2.05, 4.69) is 9.80 Å². The molecular weight excluding hydrogens is 450 g/mol. The van der Waals surface area contributed by atoms with Crippen molar-refractivity contribution in [1.82, 2.24) is 9.80 Å². The van der Waals surface area contributed by atoms with E-state index in [1.54, 1.807) is 11.0 Å². The maximum absolute atomic E-state index is 13.2. The van der Waals surface area contributed by atoms with Gasteiger partial charge in [0.2, 0.25) is 0 Å². The van der Waals surface area contributed by atoms with Crippen LogP contribution in [-0.4, -0.2) is 66.3 Å². The molecule has 2 atom stereocenters. The first-order chi connectivity index (χ1) is 14.7. The number of aliphatic hydroxyl groups is 1. The summed E-state index contributed by atoms with van der Waals surface area (Å²) in [6.45, 7) is 4.96. The van der Waals surface area contributed by atoms with Gasteiger partial charge in [0.25, 0.3) is 0 Å². The van der Waals surface area contributed by atoms with E-state index < -0.39 is 17.8 Å². The number of benzene rings is 2. The number of halogens is 5. The number of hydrogen-bond acceptors (Lipinski definition) is 4. The number of anilines is 1. The van der Waals surface area contributed by atoms with Gasteiger partial charge in [0, 0.05) is 56.5 Å². The molecule has 0 radical (unpaired) electrons. The molecule has 0 unspecified atom stereocenters. The molecule has 2 aliphatic heterocycles. The van der Waals surface area contributed by atoms with Crippen molar-refractivity contribution in [3.8, 4) is 0 Å². The lowest BCUT2D eigenvalue weighted by Gasteiger charge is -2.38. The third kappa shape index (κ3) is 5.29. The van der Waals surface area contributed by atoms with Crippen molar-refractivity contribution in [3.05, 3.63) is 63.6 Å². The predicted molar refractivity (Wildman–Crippen MR) is 117 cm³/mol. The lowest BCUT2D eigenvalue weighted by molar-refractivity contribution is -0.137. The fourth-order valence-corrected chi connectivity index (χ4v) is 4.72. The van der Waals surface area contributed by atoms with E-state index >= 15 is 0 Å². The van der Waals surface area contributed by atoms with E-state index in [9.17, 15) is 18.3 Å². The van der Waals surface area contributed by atoms with Gasteiger partial charge in [-0.25, -0.2) is 0 Å². The van der Waals surface area contributed by atoms with Crippen LogP contribution in [-0.2, 0) is 12.7 Å². The molecule has 0 amide bonds. The second-order valence-electron chi connectivity index (χ2n) is 8.14. The van der Waals surface area contributed by atoms with Crippen molar-refractivity contribution < 1.29 is 18.3 Å². The molecule has 4 nitrogen and oxygen atoms in total. The van der Waals surface area contributed by atoms with E-state index in [1.165, 1.54) is 11.6 Å². The maximum Gasteiger partial charge on any atom is 0.417 e. The van der Waals surface area contributed by atoms with Gasteiger partial charge in [-0.2, -0.15) is 13.2 Å². The van der Waals surface area contributed by atoms with Gasteiger partial charge in [0.05, 0.1) is 22.7 Å². The second-order valence-corrected chi connectivity index (χ2v) is 8.98. The molecule has 168 valence electrons. The summed E-state index contributed by atoms with van der Waals surface area (Å²) in [7, 11) is 0. The molecular formula is C22H24Cl2F3N3O. The summed E-state index contributed by atoms with van der Waals surface area (Å²) >= 11 is 11.7. The molecule has 31 heavy (non-hydrogen) atoms. The van der Waals surface area contributed by atoms with Crippen LogP contribution in [0.4, 0.5) is 18.9 Å². The largest absolute Gasteiger partial charge is 0.417 e. The Bertz CT molecular complexity index is 902. The summed E-state index contributed by atoms with van der Waals surface area (Å²) in [5.41, 5.74) is 0.785. The maximum atomic E-state index is 13.2. The molecule has 4 rings (SSSR count).